The van der Waals surface area contributed by atoms with Crippen molar-refractivity contribution in [2.75, 3.05) is 16.6 Å². The molecule has 0 bridgehead atoms. The lowest BCUT2D eigenvalue weighted by molar-refractivity contribution is -0.118. The number of benzene rings is 4. The summed E-state index contributed by atoms with van der Waals surface area (Å²) in [4.78, 5) is 12.4. The van der Waals surface area contributed by atoms with Crippen LogP contribution >= 0.6 is 0 Å². The smallest absolute Gasteiger partial charge is 0.262 e. The van der Waals surface area contributed by atoms with Gasteiger partial charge in [0.15, 0.2) is 6.61 Å². The lowest BCUT2D eigenvalue weighted by Crippen LogP contribution is -2.20. The lowest BCUT2D eigenvalue weighted by Gasteiger charge is -2.11. The van der Waals surface area contributed by atoms with Gasteiger partial charge in [0.2, 0.25) is 0 Å². The Hall–Kier alpha value is -4.30. The molecule has 1 amide bonds. The minimum Gasteiger partial charge on any atom is -0.489 e. The normalized spacial score (nSPS) is 11.0. The highest BCUT2D eigenvalue weighted by Crippen LogP contribution is 2.21. The third kappa shape index (κ3) is 7.35. The zero-order valence-electron chi connectivity index (χ0n) is 20.6. The summed E-state index contributed by atoms with van der Waals surface area (Å²) in [5, 5.41) is 2.76. The van der Waals surface area contributed by atoms with Crippen molar-refractivity contribution in [2.24, 2.45) is 0 Å². The van der Waals surface area contributed by atoms with E-state index in [1.807, 2.05) is 50.2 Å². The van der Waals surface area contributed by atoms with Gasteiger partial charge in [-0.15, -0.1) is 0 Å². The molecule has 7 nitrogen and oxygen atoms in total. The topological polar surface area (TPSA) is 93.7 Å². The number of hydrogen-bond donors (Lipinski definition) is 2. The summed E-state index contributed by atoms with van der Waals surface area (Å²) in [7, 11) is -3.75. The fraction of sp³-hybridized carbons (Fsp3) is 0.138. The van der Waals surface area contributed by atoms with E-state index in [1.54, 1.807) is 36.4 Å². The number of carbonyl (C=O) groups excluding carboxylic acids is 1. The maximum absolute atomic E-state index is 12.7. The molecule has 0 unspecified atom stereocenters. The van der Waals surface area contributed by atoms with E-state index < -0.39 is 10.0 Å². The van der Waals surface area contributed by atoms with Crippen molar-refractivity contribution in [1.82, 2.24) is 0 Å². The summed E-state index contributed by atoms with van der Waals surface area (Å²) in [5.41, 5.74) is 4.25. The van der Waals surface area contributed by atoms with Gasteiger partial charge >= 0.3 is 0 Å². The molecule has 0 saturated heterocycles. The number of nitrogens with one attached hydrogen (secondary N) is 2. The molecule has 0 spiro atoms. The monoisotopic (exact) mass is 516 g/mol. The molecule has 8 heteroatoms. The Labute approximate surface area is 217 Å². The summed E-state index contributed by atoms with van der Waals surface area (Å²) in [5.74, 6) is 0.733. The molecule has 190 valence electrons. The number of rotatable bonds is 10. The van der Waals surface area contributed by atoms with Crippen LogP contribution in [0.4, 0.5) is 11.4 Å². The zero-order chi connectivity index (χ0) is 26.3. The van der Waals surface area contributed by atoms with Crippen molar-refractivity contribution in [3.63, 3.8) is 0 Å². The average molecular weight is 517 g/mol. The first-order chi connectivity index (χ1) is 17.8. The highest BCUT2D eigenvalue weighted by Gasteiger charge is 2.15. The van der Waals surface area contributed by atoms with Gasteiger partial charge in [-0.1, -0.05) is 36.4 Å². The van der Waals surface area contributed by atoms with E-state index in [0.29, 0.717) is 29.5 Å². The molecule has 0 aliphatic heterocycles. The van der Waals surface area contributed by atoms with E-state index in [1.165, 1.54) is 24.3 Å². The van der Waals surface area contributed by atoms with Crippen molar-refractivity contribution in [3.05, 3.63) is 114 Å². The number of ether oxygens (including phenoxy) is 2. The molecule has 4 aromatic carbocycles. The number of sulfonamides is 1. The van der Waals surface area contributed by atoms with Gasteiger partial charge < -0.3 is 14.8 Å². The molecule has 0 saturated carbocycles. The van der Waals surface area contributed by atoms with Crippen LogP contribution in [0.1, 0.15) is 16.7 Å². The Morgan fingerprint density at radius 2 is 1.35 bits per heavy atom. The highest BCUT2D eigenvalue weighted by atomic mass is 32.2. The second kappa shape index (κ2) is 11.6. The van der Waals surface area contributed by atoms with Gasteiger partial charge in [0, 0.05) is 11.4 Å². The van der Waals surface area contributed by atoms with Gasteiger partial charge in [0.1, 0.15) is 18.1 Å². The Morgan fingerprint density at radius 1 is 0.730 bits per heavy atom. The maximum atomic E-state index is 12.7. The van der Waals surface area contributed by atoms with E-state index in [9.17, 15) is 13.2 Å². The Balaban J connectivity index is 1.26. The number of hydrogen-bond acceptors (Lipinski definition) is 5. The van der Waals surface area contributed by atoms with Crippen molar-refractivity contribution in [3.8, 4) is 11.5 Å². The molecule has 2 N–H and O–H groups in total. The first kappa shape index (κ1) is 25.8. The van der Waals surface area contributed by atoms with Crippen molar-refractivity contribution in [1.29, 1.82) is 0 Å². The Kier molecular flexibility index (Phi) is 8.10. The van der Waals surface area contributed by atoms with Crippen LogP contribution in [0.5, 0.6) is 11.5 Å². The minimum absolute atomic E-state index is 0.0945. The molecular weight excluding hydrogens is 488 g/mol. The largest absolute Gasteiger partial charge is 0.489 e. The molecule has 0 atom stereocenters. The van der Waals surface area contributed by atoms with Crippen LogP contribution in [-0.2, 0) is 21.4 Å². The van der Waals surface area contributed by atoms with Crippen LogP contribution in [0.25, 0.3) is 0 Å². The molecule has 37 heavy (non-hydrogen) atoms. The summed E-state index contributed by atoms with van der Waals surface area (Å²) in [6, 6.07) is 28.2. The fourth-order valence-electron chi connectivity index (χ4n) is 3.46. The lowest BCUT2D eigenvalue weighted by atomic mass is 10.1. The second-order valence-electron chi connectivity index (χ2n) is 8.51. The van der Waals surface area contributed by atoms with E-state index in [2.05, 4.69) is 10.0 Å². The number of aryl methyl sites for hydroxylation is 2. The first-order valence-electron chi connectivity index (χ1n) is 11.7. The van der Waals surface area contributed by atoms with Gasteiger partial charge in [-0.05, 0) is 91.2 Å². The number of amides is 1. The third-order valence-electron chi connectivity index (χ3n) is 5.65. The van der Waals surface area contributed by atoms with Crippen LogP contribution < -0.4 is 19.5 Å². The van der Waals surface area contributed by atoms with Crippen LogP contribution in [0.3, 0.4) is 0 Å². The van der Waals surface area contributed by atoms with Gasteiger partial charge in [-0.3, -0.25) is 9.52 Å². The van der Waals surface area contributed by atoms with Crippen LogP contribution in [0, 0.1) is 13.8 Å². The molecule has 0 aliphatic rings. The molecule has 4 aromatic rings. The van der Waals surface area contributed by atoms with Gasteiger partial charge in [0.05, 0.1) is 4.90 Å². The molecule has 0 radical (unpaired) electrons. The quantitative estimate of drug-likeness (QED) is 0.282. The SMILES string of the molecule is Cc1ccc(NS(=O)(=O)c2ccc(OCC(=O)Nc3ccc(OCc4ccccc4)cc3)cc2)cc1C. The summed E-state index contributed by atoms with van der Waals surface area (Å²) >= 11 is 0. The van der Waals surface area contributed by atoms with Gasteiger partial charge in [0.25, 0.3) is 15.9 Å². The standard InChI is InChI=1S/C29H28N2O5S/c1-21-8-9-25(18-22(21)2)31-37(33,34)28-16-14-27(15-17-28)36-20-29(32)30-24-10-12-26(13-11-24)35-19-23-6-4-3-5-7-23/h3-18,31H,19-20H2,1-2H3,(H,30,32). The predicted octanol–water partition coefficient (Wildman–Crippen LogP) is 5.70. The summed E-state index contributed by atoms with van der Waals surface area (Å²) in [6.07, 6.45) is 0. The zero-order valence-corrected chi connectivity index (χ0v) is 21.4. The maximum Gasteiger partial charge on any atom is 0.262 e. The molecular formula is C29H28N2O5S. The molecule has 0 fully saturated rings. The van der Waals surface area contributed by atoms with Gasteiger partial charge in [-0.25, -0.2) is 8.42 Å². The average Bonchev–Trinajstić information content (AvgIpc) is 2.90. The molecule has 0 heterocycles. The molecule has 0 aromatic heterocycles. The van der Waals surface area contributed by atoms with Crippen molar-refractivity contribution in [2.45, 2.75) is 25.3 Å². The first-order valence-corrected chi connectivity index (χ1v) is 13.2. The predicted molar refractivity (Wildman–Crippen MR) is 145 cm³/mol. The van der Waals surface area contributed by atoms with Crippen molar-refractivity contribution >= 4 is 27.3 Å². The highest BCUT2D eigenvalue weighted by molar-refractivity contribution is 7.92. The van der Waals surface area contributed by atoms with E-state index in [4.69, 9.17) is 9.47 Å². The van der Waals surface area contributed by atoms with Crippen molar-refractivity contribution < 1.29 is 22.7 Å². The number of anilines is 2. The Morgan fingerprint density at radius 3 is 2.03 bits per heavy atom. The fourth-order valence-corrected chi connectivity index (χ4v) is 4.50. The van der Waals surface area contributed by atoms with E-state index >= 15 is 0 Å². The summed E-state index contributed by atoms with van der Waals surface area (Å²) < 4.78 is 39.2. The van der Waals surface area contributed by atoms with Crippen LogP contribution in [0.2, 0.25) is 0 Å². The third-order valence-corrected chi connectivity index (χ3v) is 7.05. The van der Waals surface area contributed by atoms with E-state index in [-0.39, 0.29) is 17.4 Å². The second-order valence-corrected chi connectivity index (χ2v) is 10.2. The van der Waals surface area contributed by atoms with E-state index in [0.717, 1.165) is 16.7 Å². The number of carbonyl (C=O) groups is 1. The van der Waals surface area contributed by atoms with Crippen LogP contribution in [-0.4, -0.2) is 20.9 Å². The minimum atomic E-state index is -3.75. The summed E-state index contributed by atoms with van der Waals surface area (Å²) in [6.45, 7) is 4.12. The van der Waals surface area contributed by atoms with Crippen LogP contribution in [0.15, 0.2) is 102 Å². The Bertz CT molecular complexity index is 1450. The molecule has 0 aliphatic carbocycles. The molecule has 4 rings (SSSR count). The van der Waals surface area contributed by atoms with Gasteiger partial charge in [-0.2, -0.15) is 0 Å².